The molecule has 2 aromatic carbocycles. The van der Waals surface area contributed by atoms with Gasteiger partial charge in [-0.05, 0) is 42.3 Å². The zero-order chi connectivity index (χ0) is 21.1. The van der Waals surface area contributed by atoms with E-state index in [1.54, 1.807) is 36.4 Å². The number of aromatic carboxylic acids is 1. The van der Waals surface area contributed by atoms with E-state index in [4.69, 9.17) is 4.42 Å². The van der Waals surface area contributed by atoms with Crippen molar-refractivity contribution in [3.63, 3.8) is 0 Å². The van der Waals surface area contributed by atoms with Crippen LogP contribution in [-0.2, 0) is 11.2 Å². The van der Waals surface area contributed by atoms with Gasteiger partial charge < -0.3 is 20.2 Å². The molecule has 152 valence electrons. The van der Waals surface area contributed by atoms with E-state index in [-0.39, 0.29) is 17.0 Å². The van der Waals surface area contributed by atoms with Gasteiger partial charge in [-0.2, -0.15) is 0 Å². The lowest BCUT2D eigenvalue weighted by molar-refractivity contribution is -0.116. The smallest absolute Gasteiger partial charge is 0.336 e. The Labute approximate surface area is 178 Å². The fraction of sp³-hybridized carbons (Fsp3) is 0.130. The Morgan fingerprint density at radius 3 is 2.67 bits per heavy atom. The Morgan fingerprint density at radius 2 is 1.93 bits per heavy atom. The summed E-state index contributed by atoms with van der Waals surface area (Å²) in [6, 6.07) is 18.2. The Bertz CT molecular complexity index is 1120. The number of hydrogen-bond donors (Lipinski definition) is 3. The van der Waals surface area contributed by atoms with Crippen LogP contribution >= 0.6 is 11.8 Å². The van der Waals surface area contributed by atoms with Crippen molar-refractivity contribution in [1.82, 2.24) is 5.32 Å². The molecule has 30 heavy (non-hydrogen) atoms. The highest BCUT2D eigenvalue weighted by Crippen LogP contribution is 2.32. The number of carbonyl (C=O) groups excluding carboxylic acids is 1. The molecule has 0 unspecified atom stereocenters. The van der Waals surface area contributed by atoms with Crippen LogP contribution in [0.3, 0.4) is 0 Å². The normalized spacial score (nSPS) is 17.2. The lowest BCUT2D eigenvalue weighted by Crippen LogP contribution is -2.30. The maximum Gasteiger partial charge on any atom is 0.336 e. The standard InChI is InChI=1S/C23H20N2O4S/c1-2-14-7-9-15(10-8-14)24-23-25-21(26)20(30-23)13-16-11-12-19(29-16)17-5-3-4-6-18(17)22(27)28/h3-13,23-24H,2H2,1H3,(H,25,26)(H,27,28)/b20-13-/t23-/m1/s1. The number of benzene rings is 2. The molecule has 3 aromatic rings. The predicted octanol–water partition coefficient (Wildman–Crippen LogP) is 4.81. The van der Waals surface area contributed by atoms with E-state index in [0.717, 1.165) is 12.1 Å². The highest BCUT2D eigenvalue weighted by atomic mass is 32.2. The summed E-state index contributed by atoms with van der Waals surface area (Å²) in [5.74, 6) is -0.287. The molecule has 6 nitrogen and oxygen atoms in total. The van der Waals surface area contributed by atoms with Crippen LogP contribution in [0.2, 0.25) is 0 Å². The molecule has 7 heteroatoms. The first-order valence-corrected chi connectivity index (χ1v) is 10.4. The number of aryl methyl sites for hydroxylation is 1. The molecule has 0 spiro atoms. The molecule has 0 radical (unpaired) electrons. The van der Waals surface area contributed by atoms with Crippen LogP contribution in [-0.4, -0.2) is 22.5 Å². The second kappa shape index (κ2) is 8.51. The van der Waals surface area contributed by atoms with Gasteiger partial charge in [0.2, 0.25) is 0 Å². The molecule has 1 aliphatic rings. The number of anilines is 1. The van der Waals surface area contributed by atoms with E-state index in [1.807, 2.05) is 12.1 Å². The highest BCUT2D eigenvalue weighted by molar-refractivity contribution is 8.05. The number of nitrogens with one attached hydrogen (secondary N) is 2. The molecular formula is C23H20N2O4S. The number of carboxylic acid groups (broad SMARTS) is 1. The quantitative estimate of drug-likeness (QED) is 0.496. The molecular weight excluding hydrogens is 400 g/mol. The topological polar surface area (TPSA) is 91.6 Å². The van der Waals surface area contributed by atoms with Gasteiger partial charge in [-0.25, -0.2) is 4.79 Å². The van der Waals surface area contributed by atoms with Crippen molar-refractivity contribution in [3.8, 4) is 11.3 Å². The van der Waals surface area contributed by atoms with Crippen LogP contribution in [0.1, 0.15) is 28.6 Å². The van der Waals surface area contributed by atoms with Crippen LogP contribution in [0.5, 0.6) is 0 Å². The second-order valence-corrected chi connectivity index (χ2v) is 7.87. The monoisotopic (exact) mass is 420 g/mol. The maximum absolute atomic E-state index is 12.3. The zero-order valence-electron chi connectivity index (χ0n) is 16.2. The lowest BCUT2D eigenvalue weighted by Gasteiger charge is -2.12. The molecule has 3 N–H and O–H groups in total. The summed E-state index contributed by atoms with van der Waals surface area (Å²) in [4.78, 5) is 24.3. The van der Waals surface area contributed by atoms with Gasteiger partial charge in [0, 0.05) is 17.3 Å². The first-order valence-electron chi connectivity index (χ1n) is 9.50. The van der Waals surface area contributed by atoms with Crippen molar-refractivity contribution in [2.24, 2.45) is 0 Å². The third-order valence-corrected chi connectivity index (χ3v) is 5.74. The first-order chi connectivity index (χ1) is 14.5. The summed E-state index contributed by atoms with van der Waals surface area (Å²) in [6.07, 6.45) is 2.64. The molecule has 1 amide bonds. The second-order valence-electron chi connectivity index (χ2n) is 6.73. The zero-order valence-corrected chi connectivity index (χ0v) is 17.0. The average Bonchev–Trinajstić information content (AvgIpc) is 3.35. The van der Waals surface area contributed by atoms with Gasteiger partial charge in [0.25, 0.3) is 5.91 Å². The molecule has 2 heterocycles. The van der Waals surface area contributed by atoms with Gasteiger partial charge in [-0.3, -0.25) is 4.79 Å². The lowest BCUT2D eigenvalue weighted by atomic mass is 10.1. The van der Waals surface area contributed by atoms with Gasteiger partial charge in [0.05, 0.1) is 10.5 Å². The minimum absolute atomic E-state index is 0.164. The van der Waals surface area contributed by atoms with E-state index in [1.165, 1.54) is 23.4 Å². The molecule has 0 saturated carbocycles. The molecule has 4 rings (SSSR count). The minimum atomic E-state index is -1.02. The Morgan fingerprint density at radius 1 is 1.17 bits per heavy atom. The highest BCUT2D eigenvalue weighted by Gasteiger charge is 2.27. The van der Waals surface area contributed by atoms with Gasteiger partial charge in [-0.1, -0.05) is 49.0 Å². The van der Waals surface area contributed by atoms with E-state index in [9.17, 15) is 14.7 Å². The summed E-state index contributed by atoms with van der Waals surface area (Å²) in [5, 5.41) is 15.5. The molecule has 1 aliphatic heterocycles. The Balaban J connectivity index is 1.49. The first kappa shape index (κ1) is 19.8. The van der Waals surface area contributed by atoms with Crippen LogP contribution < -0.4 is 10.6 Å². The molecule has 0 bridgehead atoms. The maximum atomic E-state index is 12.3. The van der Waals surface area contributed by atoms with Crippen molar-refractivity contribution >= 4 is 35.4 Å². The van der Waals surface area contributed by atoms with Crippen LogP contribution in [0.25, 0.3) is 17.4 Å². The largest absolute Gasteiger partial charge is 0.478 e. The number of hydrogen-bond acceptors (Lipinski definition) is 5. The van der Waals surface area contributed by atoms with E-state index >= 15 is 0 Å². The van der Waals surface area contributed by atoms with Gasteiger partial charge in [0.1, 0.15) is 11.5 Å². The summed E-state index contributed by atoms with van der Waals surface area (Å²) in [5.41, 5.74) is 2.56. The van der Waals surface area contributed by atoms with E-state index < -0.39 is 5.97 Å². The third kappa shape index (κ3) is 4.26. The predicted molar refractivity (Wildman–Crippen MR) is 118 cm³/mol. The number of amides is 1. The Kier molecular flexibility index (Phi) is 5.63. The van der Waals surface area contributed by atoms with Crippen molar-refractivity contribution < 1.29 is 19.1 Å². The van der Waals surface area contributed by atoms with Crippen LogP contribution in [0.4, 0.5) is 5.69 Å². The number of rotatable bonds is 6. The van der Waals surface area contributed by atoms with E-state index in [0.29, 0.717) is 22.0 Å². The summed E-state index contributed by atoms with van der Waals surface area (Å²) >= 11 is 1.37. The van der Waals surface area contributed by atoms with Gasteiger partial charge in [0.15, 0.2) is 5.50 Å². The Hall–Kier alpha value is -3.45. The molecule has 1 atom stereocenters. The number of carbonyl (C=O) groups is 2. The van der Waals surface area contributed by atoms with Crippen molar-refractivity contribution in [1.29, 1.82) is 0 Å². The third-order valence-electron chi connectivity index (χ3n) is 4.71. The van der Waals surface area contributed by atoms with Crippen LogP contribution in [0.15, 0.2) is 70.0 Å². The van der Waals surface area contributed by atoms with Crippen molar-refractivity contribution in [2.45, 2.75) is 18.8 Å². The van der Waals surface area contributed by atoms with Gasteiger partial charge >= 0.3 is 5.97 Å². The SMILES string of the molecule is CCc1ccc(N[C@@H]2NC(=O)/C(=C/c3ccc(-c4ccccc4C(=O)O)o3)S2)cc1. The van der Waals surface area contributed by atoms with Gasteiger partial charge in [-0.15, -0.1) is 0 Å². The number of thioether (sulfide) groups is 1. The van der Waals surface area contributed by atoms with Crippen molar-refractivity contribution in [3.05, 3.63) is 82.5 Å². The molecule has 1 fully saturated rings. The fourth-order valence-electron chi connectivity index (χ4n) is 3.14. The summed E-state index contributed by atoms with van der Waals surface area (Å²) < 4.78 is 5.80. The average molecular weight is 420 g/mol. The summed E-state index contributed by atoms with van der Waals surface area (Å²) in [7, 11) is 0. The van der Waals surface area contributed by atoms with E-state index in [2.05, 4.69) is 29.7 Å². The minimum Gasteiger partial charge on any atom is -0.478 e. The number of furan rings is 1. The molecule has 0 aliphatic carbocycles. The fourth-order valence-corrected chi connectivity index (χ4v) is 4.11. The van der Waals surface area contributed by atoms with Crippen molar-refractivity contribution in [2.75, 3.05) is 5.32 Å². The summed E-state index contributed by atoms with van der Waals surface area (Å²) in [6.45, 7) is 2.10. The number of carboxylic acids is 1. The molecule has 1 saturated heterocycles. The van der Waals surface area contributed by atoms with Crippen LogP contribution in [0, 0.1) is 0 Å². The molecule has 1 aromatic heterocycles.